The molecule has 0 bridgehead atoms. The Labute approximate surface area is 80.8 Å². The number of rotatable bonds is 2. The lowest BCUT2D eigenvalue weighted by atomic mass is 9.72. The summed E-state index contributed by atoms with van der Waals surface area (Å²) < 4.78 is 36.7. The number of carbonyl (C=O) groups is 1. The summed E-state index contributed by atoms with van der Waals surface area (Å²) in [5, 5.41) is 0. The van der Waals surface area contributed by atoms with Gasteiger partial charge in [0.25, 0.3) is 5.78 Å². The van der Waals surface area contributed by atoms with Crippen molar-refractivity contribution in [2.75, 3.05) is 0 Å². The average Bonchev–Trinajstić information content (AvgIpc) is 1.97. The molecule has 0 saturated heterocycles. The quantitative estimate of drug-likeness (QED) is 0.537. The van der Waals surface area contributed by atoms with Gasteiger partial charge in [0.15, 0.2) is 0 Å². The minimum absolute atomic E-state index is 0.922. The summed E-state index contributed by atoms with van der Waals surface area (Å²) in [6.07, 6.45) is -4.88. The van der Waals surface area contributed by atoms with Crippen molar-refractivity contribution in [3.63, 3.8) is 0 Å². The third kappa shape index (κ3) is 2.24. The normalized spacial score (nSPS) is 17.7. The first kappa shape index (κ1) is 13.4. The molecule has 0 radical (unpaired) electrons. The van der Waals surface area contributed by atoms with Gasteiger partial charge in [0, 0.05) is 0 Å². The monoisotopic (exact) mass is 212 g/mol. The summed E-state index contributed by atoms with van der Waals surface area (Å²) in [7, 11) is 0. The fourth-order valence-electron chi connectivity index (χ4n) is 0.906. The molecule has 1 unspecified atom stereocenters. The van der Waals surface area contributed by atoms with Gasteiger partial charge < -0.3 is 0 Å². The molecule has 0 rings (SSSR count). The standard InChI is InChI=1S/C8H15F3N2O/c1-6(2,3)7(4,13-12)5(14)8(9,10)11/h13H,12H2,1-4H3. The van der Waals surface area contributed by atoms with Crippen molar-refractivity contribution in [3.05, 3.63) is 0 Å². The van der Waals surface area contributed by atoms with Crippen LogP contribution in [-0.2, 0) is 4.79 Å². The van der Waals surface area contributed by atoms with E-state index in [1.165, 1.54) is 20.8 Å². The van der Waals surface area contributed by atoms with Crippen molar-refractivity contribution in [1.82, 2.24) is 5.43 Å². The van der Waals surface area contributed by atoms with Crippen LogP contribution in [0, 0.1) is 5.41 Å². The van der Waals surface area contributed by atoms with Crippen LogP contribution in [0.25, 0.3) is 0 Å². The Kier molecular flexibility index (Phi) is 3.35. The van der Waals surface area contributed by atoms with E-state index in [0.29, 0.717) is 0 Å². The highest BCUT2D eigenvalue weighted by molar-refractivity contribution is 5.93. The molecule has 0 aliphatic rings. The molecule has 0 aromatic carbocycles. The maximum atomic E-state index is 12.2. The van der Waals surface area contributed by atoms with Crippen LogP contribution in [0.4, 0.5) is 13.2 Å². The summed E-state index contributed by atoms with van der Waals surface area (Å²) in [4.78, 5) is 11.1. The first-order valence-corrected chi connectivity index (χ1v) is 4.06. The Balaban J connectivity index is 5.19. The predicted octanol–water partition coefficient (Wildman–Crippen LogP) is 1.39. The van der Waals surface area contributed by atoms with Crippen molar-refractivity contribution < 1.29 is 18.0 Å². The van der Waals surface area contributed by atoms with Gasteiger partial charge in [-0.05, 0) is 12.3 Å². The molecule has 0 saturated carbocycles. The second kappa shape index (κ2) is 3.51. The number of hydrazine groups is 1. The molecule has 0 heterocycles. The fourth-order valence-corrected chi connectivity index (χ4v) is 0.906. The van der Waals surface area contributed by atoms with Crippen LogP contribution in [0.15, 0.2) is 0 Å². The third-order valence-electron chi connectivity index (χ3n) is 2.50. The van der Waals surface area contributed by atoms with Crippen LogP contribution in [0.3, 0.4) is 0 Å². The van der Waals surface area contributed by atoms with Gasteiger partial charge >= 0.3 is 6.18 Å². The van der Waals surface area contributed by atoms with Gasteiger partial charge in [0.05, 0.1) is 0 Å². The molecule has 0 amide bonds. The third-order valence-corrected chi connectivity index (χ3v) is 2.50. The molecule has 1 atom stereocenters. The van der Waals surface area contributed by atoms with Gasteiger partial charge in [-0.15, -0.1) is 0 Å². The van der Waals surface area contributed by atoms with Gasteiger partial charge in [-0.1, -0.05) is 20.8 Å². The summed E-state index contributed by atoms with van der Waals surface area (Å²) in [6.45, 7) is 5.67. The fraction of sp³-hybridized carbons (Fsp3) is 0.875. The van der Waals surface area contributed by atoms with Crippen LogP contribution >= 0.6 is 0 Å². The molecule has 14 heavy (non-hydrogen) atoms. The molecule has 0 spiro atoms. The lowest BCUT2D eigenvalue weighted by Crippen LogP contribution is -2.64. The summed E-state index contributed by atoms with van der Waals surface area (Å²) in [5.41, 5.74) is -0.781. The van der Waals surface area contributed by atoms with Crippen LogP contribution in [-0.4, -0.2) is 17.5 Å². The van der Waals surface area contributed by atoms with Gasteiger partial charge in [0.2, 0.25) is 0 Å². The van der Waals surface area contributed by atoms with Crippen LogP contribution < -0.4 is 11.3 Å². The van der Waals surface area contributed by atoms with Gasteiger partial charge in [0.1, 0.15) is 5.54 Å². The zero-order chi connectivity index (χ0) is 11.8. The van der Waals surface area contributed by atoms with Gasteiger partial charge in [-0.25, -0.2) is 5.43 Å². The number of carbonyl (C=O) groups excluding carboxylic acids is 1. The van der Waals surface area contributed by atoms with Crippen molar-refractivity contribution >= 4 is 5.78 Å². The van der Waals surface area contributed by atoms with Gasteiger partial charge in [-0.2, -0.15) is 13.2 Å². The van der Waals surface area contributed by atoms with E-state index in [4.69, 9.17) is 5.84 Å². The molecule has 0 fully saturated rings. The molecular weight excluding hydrogens is 197 g/mol. The number of halogens is 3. The summed E-state index contributed by atoms with van der Waals surface area (Å²) in [6, 6.07) is 0. The summed E-state index contributed by atoms with van der Waals surface area (Å²) in [5.74, 6) is 3.16. The maximum absolute atomic E-state index is 12.2. The van der Waals surface area contributed by atoms with E-state index in [0.717, 1.165) is 6.92 Å². The minimum atomic E-state index is -4.88. The highest BCUT2D eigenvalue weighted by atomic mass is 19.4. The number of alkyl halides is 3. The van der Waals surface area contributed by atoms with Crippen molar-refractivity contribution in [2.24, 2.45) is 11.3 Å². The van der Waals surface area contributed by atoms with Crippen LogP contribution in [0.2, 0.25) is 0 Å². The van der Waals surface area contributed by atoms with E-state index in [9.17, 15) is 18.0 Å². The Bertz CT molecular complexity index is 232. The largest absolute Gasteiger partial charge is 0.452 e. The highest BCUT2D eigenvalue weighted by Gasteiger charge is 2.55. The first-order chi connectivity index (χ1) is 5.97. The Morgan fingerprint density at radius 2 is 1.50 bits per heavy atom. The van der Waals surface area contributed by atoms with Gasteiger partial charge in [-0.3, -0.25) is 10.6 Å². The van der Waals surface area contributed by atoms with E-state index in [2.05, 4.69) is 0 Å². The number of hydrogen-bond donors (Lipinski definition) is 2. The number of hydrogen-bond acceptors (Lipinski definition) is 3. The Morgan fingerprint density at radius 1 is 1.14 bits per heavy atom. The second-order valence-electron chi connectivity index (χ2n) is 4.35. The molecule has 3 nitrogen and oxygen atoms in total. The van der Waals surface area contributed by atoms with E-state index < -0.39 is 22.9 Å². The zero-order valence-corrected chi connectivity index (χ0v) is 8.62. The number of nitrogens with two attached hydrogens (primary N) is 1. The highest BCUT2D eigenvalue weighted by Crippen LogP contribution is 2.35. The topological polar surface area (TPSA) is 55.1 Å². The maximum Gasteiger partial charge on any atom is 0.452 e. The first-order valence-electron chi connectivity index (χ1n) is 4.06. The van der Waals surface area contributed by atoms with E-state index in [-0.39, 0.29) is 0 Å². The molecule has 0 aliphatic heterocycles. The molecule has 3 N–H and O–H groups in total. The molecule has 0 aromatic rings. The Hall–Kier alpha value is -0.620. The lowest BCUT2D eigenvalue weighted by Gasteiger charge is -2.39. The zero-order valence-electron chi connectivity index (χ0n) is 8.62. The van der Waals surface area contributed by atoms with Crippen LogP contribution in [0.1, 0.15) is 27.7 Å². The smallest absolute Gasteiger partial charge is 0.287 e. The average molecular weight is 212 g/mol. The number of ketones is 1. The SMILES string of the molecule is CC(C)(C)C(C)(NN)C(=O)C(F)(F)F. The molecular formula is C8H15F3N2O. The Morgan fingerprint density at radius 3 is 1.57 bits per heavy atom. The van der Waals surface area contributed by atoms with E-state index >= 15 is 0 Å². The van der Waals surface area contributed by atoms with E-state index in [1.54, 1.807) is 0 Å². The van der Waals surface area contributed by atoms with Crippen molar-refractivity contribution in [1.29, 1.82) is 0 Å². The van der Waals surface area contributed by atoms with Crippen LogP contribution in [0.5, 0.6) is 0 Å². The molecule has 0 aliphatic carbocycles. The molecule has 84 valence electrons. The second-order valence-corrected chi connectivity index (χ2v) is 4.35. The number of Topliss-reactive ketones (excluding diaryl/α,β-unsaturated/α-hetero) is 1. The lowest BCUT2D eigenvalue weighted by molar-refractivity contribution is -0.182. The minimum Gasteiger partial charge on any atom is -0.287 e. The van der Waals surface area contributed by atoms with Crippen molar-refractivity contribution in [3.8, 4) is 0 Å². The molecule has 6 heteroatoms. The predicted molar refractivity (Wildman–Crippen MR) is 46.2 cm³/mol. The van der Waals surface area contributed by atoms with E-state index in [1.807, 2.05) is 5.43 Å². The van der Waals surface area contributed by atoms with Crippen molar-refractivity contribution in [2.45, 2.75) is 39.4 Å². The number of nitrogens with one attached hydrogen (secondary N) is 1. The molecule has 0 aromatic heterocycles. The summed E-state index contributed by atoms with van der Waals surface area (Å²) >= 11 is 0.